The number of aryl methyl sites for hydroxylation is 2. The maximum absolute atomic E-state index is 12.8. The summed E-state index contributed by atoms with van der Waals surface area (Å²) in [6.45, 7) is 1.80. The summed E-state index contributed by atoms with van der Waals surface area (Å²) in [6.07, 6.45) is 1.51. The Morgan fingerprint density at radius 1 is 1.12 bits per heavy atom. The van der Waals surface area contributed by atoms with Crippen LogP contribution in [-0.4, -0.2) is 25.3 Å². The third kappa shape index (κ3) is 3.36. The zero-order valence-corrected chi connectivity index (χ0v) is 15.0. The number of anilines is 1. The van der Waals surface area contributed by atoms with Crippen molar-refractivity contribution in [3.8, 4) is 17.0 Å². The van der Waals surface area contributed by atoms with Gasteiger partial charge >= 0.3 is 0 Å². The quantitative estimate of drug-likeness (QED) is 0.761. The minimum atomic E-state index is -3.74. The van der Waals surface area contributed by atoms with Gasteiger partial charge in [-0.2, -0.15) is 5.10 Å². The van der Waals surface area contributed by atoms with E-state index in [2.05, 4.69) is 9.82 Å². The van der Waals surface area contributed by atoms with Crippen LogP contribution in [0.15, 0.2) is 59.6 Å². The van der Waals surface area contributed by atoms with Crippen molar-refractivity contribution in [2.45, 2.75) is 11.8 Å². The number of hydrogen-bond donors (Lipinski definition) is 1. The summed E-state index contributed by atoms with van der Waals surface area (Å²) in [5.74, 6) is 0.644. The second-order valence-electron chi connectivity index (χ2n) is 5.63. The van der Waals surface area contributed by atoms with Crippen molar-refractivity contribution >= 4 is 15.7 Å². The topological polar surface area (TPSA) is 73.2 Å². The molecule has 0 aliphatic rings. The molecule has 130 valence electrons. The van der Waals surface area contributed by atoms with Crippen LogP contribution in [0.4, 0.5) is 5.69 Å². The molecule has 0 bridgehead atoms. The molecule has 0 atom stereocenters. The summed E-state index contributed by atoms with van der Waals surface area (Å²) in [7, 11) is -0.409. The summed E-state index contributed by atoms with van der Waals surface area (Å²) < 4.78 is 35.0. The van der Waals surface area contributed by atoms with Gasteiger partial charge in [0.1, 0.15) is 5.75 Å². The summed E-state index contributed by atoms with van der Waals surface area (Å²) >= 11 is 0. The smallest absolute Gasteiger partial charge is 0.262 e. The fourth-order valence-corrected chi connectivity index (χ4v) is 3.81. The number of nitrogens with one attached hydrogen (secondary N) is 1. The fraction of sp³-hybridized carbons (Fsp3) is 0.167. The molecule has 0 saturated carbocycles. The number of ether oxygens (including phenoxy) is 1. The van der Waals surface area contributed by atoms with E-state index in [0.29, 0.717) is 17.1 Å². The third-order valence-corrected chi connectivity index (χ3v) is 5.27. The second kappa shape index (κ2) is 6.60. The van der Waals surface area contributed by atoms with Crippen LogP contribution in [0.5, 0.6) is 5.75 Å². The summed E-state index contributed by atoms with van der Waals surface area (Å²) in [4.78, 5) is 0.175. The average Bonchev–Trinajstić information content (AvgIpc) is 2.95. The van der Waals surface area contributed by atoms with Crippen LogP contribution in [0.3, 0.4) is 0 Å². The maximum Gasteiger partial charge on any atom is 0.262 e. The Balaban J connectivity index is 1.99. The van der Waals surface area contributed by atoms with Crippen molar-refractivity contribution in [1.29, 1.82) is 0 Å². The third-order valence-electron chi connectivity index (χ3n) is 3.91. The van der Waals surface area contributed by atoms with Gasteiger partial charge in [-0.3, -0.25) is 9.40 Å². The Morgan fingerprint density at radius 3 is 2.48 bits per heavy atom. The van der Waals surface area contributed by atoms with Gasteiger partial charge in [-0.15, -0.1) is 0 Å². The lowest BCUT2D eigenvalue weighted by molar-refractivity contribution is 0.411. The van der Waals surface area contributed by atoms with E-state index >= 15 is 0 Å². The maximum atomic E-state index is 12.8. The zero-order chi connectivity index (χ0) is 18.0. The van der Waals surface area contributed by atoms with Gasteiger partial charge in [0.2, 0.25) is 0 Å². The van der Waals surface area contributed by atoms with Gasteiger partial charge in [-0.05, 0) is 30.7 Å². The van der Waals surface area contributed by atoms with E-state index in [1.165, 1.54) is 12.3 Å². The molecule has 0 unspecified atom stereocenters. The molecule has 1 heterocycles. The largest absolute Gasteiger partial charge is 0.496 e. The first-order valence-corrected chi connectivity index (χ1v) is 9.15. The lowest BCUT2D eigenvalue weighted by atomic mass is 10.1. The highest BCUT2D eigenvalue weighted by Crippen LogP contribution is 2.30. The van der Waals surface area contributed by atoms with E-state index in [4.69, 9.17) is 4.74 Å². The standard InChI is InChI=1S/C18H19N3O3S/c1-13-11-15(9-10-17(13)24-3)25(22,23)20-16-12-19-21(2)18(16)14-7-5-4-6-8-14/h4-12,20H,1-3H3. The van der Waals surface area contributed by atoms with Crippen molar-refractivity contribution in [2.75, 3.05) is 11.8 Å². The van der Waals surface area contributed by atoms with Crippen LogP contribution < -0.4 is 9.46 Å². The van der Waals surface area contributed by atoms with Crippen LogP contribution in [0.2, 0.25) is 0 Å². The number of benzene rings is 2. The lowest BCUT2D eigenvalue weighted by Crippen LogP contribution is -2.13. The highest BCUT2D eigenvalue weighted by Gasteiger charge is 2.20. The number of methoxy groups -OCH3 is 1. The molecule has 6 nitrogen and oxygen atoms in total. The summed E-state index contributed by atoms with van der Waals surface area (Å²) in [5, 5.41) is 4.19. The molecule has 0 saturated heterocycles. The molecule has 0 aliphatic carbocycles. The van der Waals surface area contributed by atoms with Crippen molar-refractivity contribution in [2.24, 2.45) is 7.05 Å². The molecule has 0 spiro atoms. The molecule has 7 heteroatoms. The van der Waals surface area contributed by atoms with Crippen molar-refractivity contribution in [1.82, 2.24) is 9.78 Å². The fourth-order valence-electron chi connectivity index (χ4n) is 2.67. The molecule has 0 amide bonds. The first-order valence-electron chi connectivity index (χ1n) is 7.67. The van der Waals surface area contributed by atoms with E-state index < -0.39 is 10.0 Å². The normalized spacial score (nSPS) is 11.3. The summed E-state index contributed by atoms with van der Waals surface area (Å²) in [6, 6.07) is 14.3. The molecular formula is C18H19N3O3S. The Kier molecular flexibility index (Phi) is 4.50. The van der Waals surface area contributed by atoms with Crippen LogP contribution >= 0.6 is 0 Å². The molecule has 3 rings (SSSR count). The van der Waals surface area contributed by atoms with Crippen LogP contribution in [-0.2, 0) is 17.1 Å². The number of nitrogens with zero attached hydrogens (tertiary/aromatic N) is 2. The molecular weight excluding hydrogens is 338 g/mol. The SMILES string of the molecule is COc1ccc(S(=O)(=O)Nc2cnn(C)c2-c2ccccc2)cc1C. The second-order valence-corrected chi connectivity index (χ2v) is 7.32. The minimum absolute atomic E-state index is 0.175. The van der Waals surface area contributed by atoms with Crippen LogP contribution in [0.25, 0.3) is 11.3 Å². The van der Waals surface area contributed by atoms with Gasteiger partial charge in [0.25, 0.3) is 10.0 Å². The zero-order valence-electron chi connectivity index (χ0n) is 14.2. The highest BCUT2D eigenvalue weighted by atomic mass is 32.2. The Hall–Kier alpha value is -2.80. The molecule has 2 aromatic carbocycles. The van der Waals surface area contributed by atoms with Crippen LogP contribution in [0.1, 0.15) is 5.56 Å². The van der Waals surface area contributed by atoms with Crippen LogP contribution in [0, 0.1) is 6.92 Å². The van der Waals surface area contributed by atoms with E-state index in [-0.39, 0.29) is 4.90 Å². The van der Waals surface area contributed by atoms with Gasteiger partial charge < -0.3 is 4.74 Å². The Bertz CT molecular complexity index is 996. The van der Waals surface area contributed by atoms with E-state index in [1.807, 2.05) is 30.3 Å². The van der Waals surface area contributed by atoms with Crippen molar-refractivity contribution < 1.29 is 13.2 Å². The molecule has 0 aliphatic heterocycles. The minimum Gasteiger partial charge on any atom is -0.496 e. The Morgan fingerprint density at radius 2 is 1.84 bits per heavy atom. The predicted molar refractivity (Wildman–Crippen MR) is 97.2 cm³/mol. The van der Waals surface area contributed by atoms with Crippen molar-refractivity contribution in [3.63, 3.8) is 0 Å². The van der Waals surface area contributed by atoms with Gasteiger partial charge in [0, 0.05) is 12.6 Å². The summed E-state index contributed by atoms with van der Waals surface area (Å²) in [5.41, 5.74) is 2.77. The molecule has 3 aromatic rings. The number of rotatable bonds is 5. The molecule has 1 N–H and O–H groups in total. The number of hydrogen-bond acceptors (Lipinski definition) is 4. The molecule has 0 fully saturated rings. The lowest BCUT2D eigenvalue weighted by Gasteiger charge is -2.11. The van der Waals surface area contributed by atoms with Gasteiger partial charge in [-0.25, -0.2) is 8.42 Å². The number of sulfonamides is 1. The predicted octanol–water partition coefficient (Wildman–Crippen LogP) is 3.20. The van der Waals surface area contributed by atoms with E-state index in [9.17, 15) is 8.42 Å². The molecule has 1 aromatic heterocycles. The van der Waals surface area contributed by atoms with Gasteiger partial charge in [0.15, 0.2) is 0 Å². The molecule has 0 radical (unpaired) electrons. The monoisotopic (exact) mass is 357 g/mol. The van der Waals surface area contributed by atoms with Gasteiger partial charge in [-0.1, -0.05) is 30.3 Å². The van der Waals surface area contributed by atoms with E-state index in [1.54, 1.807) is 37.9 Å². The Labute approximate surface area is 147 Å². The molecule has 25 heavy (non-hydrogen) atoms. The first kappa shape index (κ1) is 17.0. The van der Waals surface area contributed by atoms with Crippen molar-refractivity contribution in [3.05, 3.63) is 60.3 Å². The number of aromatic nitrogens is 2. The van der Waals surface area contributed by atoms with E-state index in [0.717, 1.165) is 11.1 Å². The highest BCUT2D eigenvalue weighted by molar-refractivity contribution is 7.92. The van der Waals surface area contributed by atoms with Gasteiger partial charge in [0.05, 0.1) is 29.6 Å². The first-order chi connectivity index (χ1) is 11.9. The average molecular weight is 357 g/mol.